The highest BCUT2D eigenvalue weighted by molar-refractivity contribution is 9.10. The summed E-state index contributed by atoms with van der Waals surface area (Å²) in [4.78, 5) is 14.5. The summed E-state index contributed by atoms with van der Waals surface area (Å²) in [5.41, 5.74) is 2.24. The van der Waals surface area contributed by atoms with E-state index < -0.39 is 0 Å². The van der Waals surface area contributed by atoms with Crippen molar-refractivity contribution in [2.24, 2.45) is 0 Å². The molecule has 0 atom stereocenters. The molecular formula is C23H22BrClN2O2. The van der Waals surface area contributed by atoms with E-state index in [2.05, 4.69) is 39.2 Å². The first-order chi connectivity index (χ1) is 14.0. The molecule has 3 aromatic rings. The van der Waals surface area contributed by atoms with Crippen molar-refractivity contribution in [2.45, 2.75) is 13.1 Å². The monoisotopic (exact) mass is 472 g/mol. The zero-order valence-electron chi connectivity index (χ0n) is 15.9. The van der Waals surface area contributed by atoms with Gasteiger partial charge in [-0.1, -0.05) is 45.7 Å². The SMILES string of the molecule is C=CCN(Cc1cccn1Cc1ccc(Br)cc1)C(=O)COc1ccc(Cl)cc1. The molecule has 0 spiro atoms. The van der Waals surface area contributed by atoms with E-state index in [9.17, 15) is 4.79 Å². The molecule has 0 bridgehead atoms. The van der Waals surface area contributed by atoms with Crippen molar-refractivity contribution in [2.75, 3.05) is 13.2 Å². The Balaban J connectivity index is 1.64. The second-order valence-electron chi connectivity index (χ2n) is 6.56. The van der Waals surface area contributed by atoms with Gasteiger partial charge in [-0.2, -0.15) is 0 Å². The van der Waals surface area contributed by atoms with Crippen LogP contribution < -0.4 is 4.74 Å². The molecule has 0 saturated carbocycles. The molecule has 2 aromatic carbocycles. The van der Waals surface area contributed by atoms with Gasteiger partial charge in [0.05, 0.1) is 6.54 Å². The third-order valence-electron chi connectivity index (χ3n) is 4.42. The van der Waals surface area contributed by atoms with E-state index in [0.29, 0.717) is 23.9 Å². The second-order valence-corrected chi connectivity index (χ2v) is 7.91. The highest BCUT2D eigenvalue weighted by Crippen LogP contribution is 2.17. The molecule has 0 N–H and O–H groups in total. The van der Waals surface area contributed by atoms with Crippen LogP contribution in [-0.4, -0.2) is 28.5 Å². The minimum atomic E-state index is -0.101. The molecule has 0 aliphatic heterocycles. The molecule has 0 saturated heterocycles. The van der Waals surface area contributed by atoms with Crippen LogP contribution in [0.4, 0.5) is 0 Å². The average Bonchev–Trinajstić information content (AvgIpc) is 3.15. The van der Waals surface area contributed by atoms with E-state index in [0.717, 1.165) is 16.7 Å². The van der Waals surface area contributed by atoms with Gasteiger partial charge in [0, 0.05) is 34.5 Å². The number of amides is 1. The van der Waals surface area contributed by atoms with Gasteiger partial charge in [0.25, 0.3) is 5.91 Å². The molecule has 1 heterocycles. The molecular weight excluding hydrogens is 452 g/mol. The fraction of sp³-hybridized carbons (Fsp3) is 0.174. The summed E-state index contributed by atoms with van der Waals surface area (Å²) < 4.78 is 8.81. The number of carbonyl (C=O) groups excluding carboxylic acids is 1. The minimum absolute atomic E-state index is 0.0388. The molecule has 1 amide bonds. The number of ether oxygens (including phenoxy) is 1. The van der Waals surface area contributed by atoms with Gasteiger partial charge in [0.2, 0.25) is 0 Å². The molecule has 0 radical (unpaired) electrons. The van der Waals surface area contributed by atoms with Gasteiger partial charge < -0.3 is 14.2 Å². The number of halogens is 2. The summed E-state index contributed by atoms with van der Waals surface area (Å²) in [6.45, 7) is 5.42. The third-order valence-corrected chi connectivity index (χ3v) is 5.20. The summed E-state index contributed by atoms with van der Waals surface area (Å²) in [5, 5.41) is 0.628. The van der Waals surface area contributed by atoms with Crippen molar-refractivity contribution in [3.8, 4) is 5.75 Å². The maximum atomic E-state index is 12.7. The van der Waals surface area contributed by atoms with E-state index in [1.54, 1.807) is 35.2 Å². The first-order valence-electron chi connectivity index (χ1n) is 9.20. The lowest BCUT2D eigenvalue weighted by Gasteiger charge is -2.22. The zero-order chi connectivity index (χ0) is 20.6. The van der Waals surface area contributed by atoms with E-state index in [1.807, 2.05) is 30.5 Å². The Hall–Kier alpha value is -2.50. The second kappa shape index (κ2) is 10.3. The number of hydrogen-bond acceptors (Lipinski definition) is 2. The quantitative estimate of drug-likeness (QED) is 0.382. The predicted molar refractivity (Wildman–Crippen MR) is 120 cm³/mol. The molecule has 0 fully saturated rings. The van der Waals surface area contributed by atoms with Gasteiger partial charge in [-0.3, -0.25) is 4.79 Å². The van der Waals surface area contributed by atoms with E-state index in [4.69, 9.17) is 16.3 Å². The summed E-state index contributed by atoms with van der Waals surface area (Å²) in [5.74, 6) is 0.510. The van der Waals surface area contributed by atoms with Crippen LogP contribution in [0, 0.1) is 0 Å². The predicted octanol–water partition coefficient (Wildman–Crippen LogP) is 5.55. The number of hydrogen-bond donors (Lipinski definition) is 0. The first-order valence-corrected chi connectivity index (χ1v) is 10.4. The molecule has 6 heteroatoms. The fourth-order valence-corrected chi connectivity index (χ4v) is 3.30. The van der Waals surface area contributed by atoms with Gasteiger partial charge in [-0.05, 0) is 54.1 Å². The molecule has 150 valence electrons. The number of rotatable bonds is 9. The van der Waals surface area contributed by atoms with E-state index in [1.165, 1.54) is 5.56 Å². The third kappa shape index (κ3) is 6.24. The number of aromatic nitrogens is 1. The normalized spacial score (nSPS) is 10.6. The van der Waals surface area contributed by atoms with E-state index >= 15 is 0 Å². The minimum Gasteiger partial charge on any atom is -0.484 e. The van der Waals surface area contributed by atoms with Gasteiger partial charge in [-0.15, -0.1) is 6.58 Å². The van der Waals surface area contributed by atoms with Crippen LogP contribution in [0.15, 0.2) is 84.0 Å². The van der Waals surface area contributed by atoms with Crippen LogP contribution in [0.25, 0.3) is 0 Å². The lowest BCUT2D eigenvalue weighted by Crippen LogP contribution is -2.35. The van der Waals surface area contributed by atoms with Crippen LogP contribution in [0.5, 0.6) is 5.75 Å². The van der Waals surface area contributed by atoms with E-state index in [-0.39, 0.29) is 12.5 Å². The Labute approximate surface area is 184 Å². The van der Waals surface area contributed by atoms with Crippen LogP contribution in [0.3, 0.4) is 0 Å². The highest BCUT2D eigenvalue weighted by atomic mass is 79.9. The Morgan fingerprint density at radius 1 is 1.14 bits per heavy atom. The van der Waals surface area contributed by atoms with Gasteiger partial charge in [-0.25, -0.2) is 0 Å². The molecule has 29 heavy (non-hydrogen) atoms. The van der Waals surface area contributed by atoms with Crippen LogP contribution in [0.1, 0.15) is 11.3 Å². The van der Waals surface area contributed by atoms with Gasteiger partial charge >= 0.3 is 0 Å². The molecule has 4 nitrogen and oxygen atoms in total. The maximum Gasteiger partial charge on any atom is 0.261 e. The molecule has 0 aliphatic rings. The van der Waals surface area contributed by atoms with Crippen molar-refractivity contribution in [3.63, 3.8) is 0 Å². The highest BCUT2D eigenvalue weighted by Gasteiger charge is 2.15. The number of benzene rings is 2. The summed E-state index contributed by atoms with van der Waals surface area (Å²) in [6, 6.07) is 19.2. The van der Waals surface area contributed by atoms with Crippen molar-refractivity contribution in [1.29, 1.82) is 0 Å². The lowest BCUT2D eigenvalue weighted by molar-refractivity contribution is -0.133. The summed E-state index contributed by atoms with van der Waals surface area (Å²) in [7, 11) is 0. The zero-order valence-corrected chi connectivity index (χ0v) is 18.3. The number of nitrogens with zero attached hydrogens (tertiary/aromatic N) is 2. The van der Waals surface area contributed by atoms with Gasteiger partial charge in [0.15, 0.2) is 6.61 Å². The van der Waals surface area contributed by atoms with Crippen LogP contribution in [0.2, 0.25) is 5.02 Å². The number of carbonyl (C=O) groups is 1. The van der Waals surface area contributed by atoms with Crippen molar-refractivity contribution in [3.05, 3.63) is 100 Å². The largest absolute Gasteiger partial charge is 0.484 e. The fourth-order valence-electron chi connectivity index (χ4n) is 2.91. The van der Waals surface area contributed by atoms with Crippen molar-refractivity contribution < 1.29 is 9.53 Å². The Morgan fingerprint density at radius 3 is 2.55 bits per heavy atom. The van der Waals surface area contributed by atoms with Crippen molar-refractivity contribution >= 4 is 33.4 Å². The van der Waals surface area contributed by atoms with Crippen LogP contribution >= 0.6 is 27.5 Å². The standard InChI is InChI=1S/C23H22BrClN2O2/c1-2-13-27(23(28)17-29-22-11-9-20(25)10-12-22)16-21-4-3-14-26(21)15-18-5-7-19(24)8-6-18/h2-12,14H,1,13,15-17H2. The molecule has 3 rings (SSSR count). The molecule has 0 aliphatic carbocycles. The Morgan fingerprint density at radius 2 is 1.86 bits per heavy atom. The molecule has 1 aromatic heterocycles. The molecule has 0 unspecified atom stereocenters. The lowest BCUT2D eigenvalue weighted by atomic mass is 10.2. The first kappa shape index (κ1) is 21.2. The van der Waals surface area contributed by atoms with Gasteiger partial charge in [0.1, 0.15) is 5.75 Å². The smallest absolute Gasteiger partial charge is 0.261 e. The Bertz CT molecular complexity index is 952. The topological polar surface area (TPSA) is 34.5 Å². The maximum absolute atomic E-state index is 12.7. The average molecular weight is 474 g/mol. The summed E-state index contributed by atoms with van der Waals surface area (Å²) in [6.07, 6.45) is 3.75. The van der Waals surface area contributed by atoms with Crippen molar-refractivity contribution in [1.82, 2.24) is 9.47 Å². The Kier molecular flexibility index (Phi) is 7.55. The summed E-state index contributed by atoms with van der Waals surface area (Å²) >= 11 is 9.34. The van der Waals surface area contributed by atoms with Crippen LogP contribution in [-0.2, 0) is 17.9 Å².